The molecule has 0 fully saturated rings. The number of hydrogen-bond donors (Lipinski definition) is 2. The van der Waals surface area contributed by atoms with Gasteiger partial charge in [0.1, 0.15) is 0 Å². The first-order valence-corrected chi connectivity index (χ1v) is 10.3. The van der Waals surface area contributed by atoms with E-state index in [4.69, 9.17) is 16.6 Å². The summed E-state index contributed by atoms with van der Waals surface area (Å²) in [5, 5.41) is 15.8. The van der Waals surface area contributed by atoms with Gasteiger partial charge in [-0.25, -0.2) is 9.67 Å². The largest absolute Gasteiger partial charge is 0.304 e. The molecule has 0 bridgehead atoms. The highest BCUT2D eigenvalue weighted by Gasteiger charge is 2.20. The van der Waals surface area contributed by atoms with Crippen LogP contribution in [0.3, 0.4) is 0 Å². The van der Waals surface area contributed by atoms with Crippen molar-refractivity contribution in [2.75, 3.05) is 5.32 Å². The molecule has 2 aromatic carbocycles. The highest BCUT2D eigenvalue weighted by Crippen LogP contribution is 2.32. The number of benzene rings is 2. The maximum atomic E-state index is 12.7. The van der Waals surface area contributed by atoms with E-state index in [2.05, 4.69) is 25.6 Å². The predicted molar refractivity (Wildman–Crippen MR) is 123 cm³/mol. The van der Waals surface area contributed by atoms with Crippen molar-refractivity contribution in [2.45, 2.75) is 13.8 Å². The highest BCUT2D eigenvalue weighted by atomic mass is 35.5. The number of nitrogens with zero attached hydrogens (tertiary/aromatic N) is 5. The van der Waals surface area contributed by atoms with Crippen LogP contribution >= 0.6 is 11.6 Å². The summed E-state index contributed by atoms with van der Waals surface area (Å²) in [6.07, 6.45) is 0. The van der Waals surface area contributed by atoms with E-state index >= 15 is 0 Å². The minimum atomic E-state index is -0.274. The molecule has 0 saturated carbocycles. The second-order valence-corrected chi connectivity index (χ2v) is 7.77. The fraction of sp³-hybridized carbons (Fsp3) is 0.0870. The number of carbonyl (C=O) groups is 1. The average Bonchev–Trinajstić information content (AvgIpc) is 3.36. The lowest BCUT2D eigenvalue weighted by Crippen LogP contribution is -2.12. The van der Waals surface area contributed by atoms with Crippen LogP contribution in [0.15, 0.2) is 60.7 Å². The first kappa shape index (κ1) is 19.9. The van der Waals surface area contributed by atoms with Crippen LogP contribution in [-0.4, -0.2) is 35.9 Å². The number of anilines is 1. The molecule has 0 aliphatic heterocycles. The number of amides is 1. The first-order chi connectivity index (χ1) is 15.5. The number of fused-ring (bicyclic) bond motifs is 1. The molecule has 1 amide bonds. The Hall–Kier alpha value is -4.04. The number of carbonyl (C=O) groups excluding carboxylic acids is 1. The number of H-pyrrole nitrogens is 1. The van der Waals surface area contributed by atoms with E-state index in [0.29, 0.717) is 39.1 Å². The van der Waals surface area contributed by atoms with Crippen LogP contribution in [-0.2, 0) is 0 Å². The number of hydrogen-bond acceptors (Lipinski definition) is 5. The molecular weight excluding hydrogens is 426 g/mol. The van der Waals surface area contributed by atoms with Gasteiger partial charge in [-0.2, -0.15) is 15.2 Å². The Bertz CT molecular complexity index is 1440. The Morgan fingerprint density at radius 1 is 1.03 bits per heavy atom. The summed E-state index contributed by atoms with van der Waals surface area (Å²) < 4.78 is 1.68. The third-order valence-corrected chi connectivity index (χ3v) is 5.24. The molecular formula is C23H18ClN7O. The molecule has 2 N–H and O–H groups in total. The number of halogens is 1. The van der Waals surface area contributed by atoms with E-state index in [1.54, 1.807) is 41.1 Å². The summed E-state index contributed by atoms with van der Waals surface area (Å²) in [6, 6.07) is 18.2. The minimum absolute atomic E-state index is 0.274. The molecule has 5 aromatic rings. The molecule has 3 aromatic heterocycles. The lowest BCUT2D eigenvalue weighted by molar-refractivity contribution is 0.102. The molecule has 0 saturated heterocycles. The summed E-state index contributed by atoms with van der Waals surface area (Å²) in [5.41, 5.74) is 4.18. The van der Waals surface area contributed by atoms with Gasteiger partial charge in [-0.1, -0.05) is 41.9 Å². The van der Waals surface area contributed by atoms with Crippen molar-refractivity contribution < 1.29 is 4.79 Å². The molecule has 0 atom stereocenters. The lowest BCUT2D eigenvalue weighted by Gasteiger charge is -2.09. The van der Waals surface area contributed by atoms with Crippen LogP contribution in [0.2, 0.25) is 5.02 Å². The standard InChI is InChI=1S/C23H18ClN7O/c1-13-12-14(2)31(30-13)23-25-19(15-8-10-17(24)11-9-15)18-20(28-29-21(18)27-23)26-22(32)16-6-4-3-5-7-16/h3-12H,1-2H3,(H2,25,26,27,28,29,32). The monoisotopic (exact) mass is 443 g/mol. The first-order valence-electron chi connectivity index (χ1n) is 9.91. The zero-order valence-electron chi connectivity index (χ0n) is 17.3. The van der Waals surface area contributed by atoms with Crippen molar-refractivity contribution in [3.05, 3.63) is 82.6 Å². The van der Waals surface area contributed by atoms with Crippen LogP contribution in [0.25, 0.3) is 28.2 Å². The van der Waals surface area contributed by atoms with Gasteiger partial charge in [0.05, 0.1) is 16.8 Å². The number of aromatic amines is 1. The van der Waals surface area contributed by atoms with Gasteiger partial charge in [0.2, 0.25) is 0 Å². The van der Waals surface area contributed by atoms with E-state index in [9.17, 15) is 4.79 Å². The fourth-order valence-corrected chi connectivity index (χ4v) is 3.65. The number of rotatable bonds is 4. The van der Waals surface area contributed by atoms with Crippen molar-refractivity contribution in [1.29, 1.82) is 0 Å². The molecule has 3 heterocycles. The average molecular weight is 444 g/mol. The highest BCUT2D eigenvalue weighted by molar-refractivity contribution is 6.30. The maximum absolute atomic E-state index is 12.7. The summed E-state index contributed by atoms with van der Waals surface area (Å²) in [6.45, 7) is 3.85. The molecule has 8 nitrogen and oxygen atoms in total. The molecule has 0 aliphatic carbocycles. The summed E-state index contributed by atoms with van der Waals surface area (Å²) in [5.74, 6) is 0.472. The van der Waals surface area contributed by atoms with Crippen molar-refractivity contribution in [2.24, 2.45) is 0 Å². The van der Waals surface area contributed by atoms with Gasteiger partial charge in [0.25, 0.3) is 11.9 Å². The Labute approximate surface area is 188 Å². The SMILES string of the molecule is Cc1cc(C)n(-c2nc(-c3ccc(Cl)cc3)c3c(NC(=O)c4ccccc4)n[nH]c3n2)n1. The zero-order valence-corrected chi connectivity index (χ0v) is 18.1. The molecule has 0 radical (unpaired) electrons. The molecule has 0 unspecified atom stereocenters. The Morgan fingerprint density at radius 3 is 2.47 bits per heavy atom. The fourth-order valence-electron chi connectivity index (χ4n) is 3.52. The van der Waals surface area contributed by atoms with Crippen LogP contribution in [0.4, 0.5) is 5.82 Å². The number of nitrogens with one attached hydrogen (secondary N) is 2. The van der Waals surface area contributed by atoms with Crippen molar-refractivity contribution in [3.8, 4) is 17.2 Å². The second-order valence-electron chi connectivity index (χ2n) is 7.33. The quantitative estimate of drug-likeness (QED) is 0.418. The molecule has 0 aliphatic rings. The van der Waals surface area contributed by atoms with Crippen LogP contribution in [0.1, 0.15) is 21.7 Å². The van der Waals surface area contributed by atoms with Gasteiger partial charge in [-0.05, 0) is 44.2 Å². The minimum Gasteiger partial charge on any atom is -0.304 e. The van der Waals surface area contributed by atoms with E-state index in [0.717, 1.165) is 17.0 Å². The van der Waals surface area contributed by atoms with Crippen LogP contribution in [0, 0.1) is 13.8 Å². The smallest absolute Gasteiger partial charge is 0.256 e. The Balaban J connectivity index is 1.68. The van der Waals surface area contributed by atoms with Gasteiger partial charge in [0.15, 0.2) is 11.5 Å². The topological polar surface area (TPSA) is 101 Å². The number of aryl methyl sites for hydroxylation is 2. The van der Waals surface area contributed by atoms with E-state index in [1.807, 2.05) is 38.1 Å². The molecule has 9 heteroatoms. The third kappa shape index (κ3) is 3.61. The van der Waals surface area contributed by atoms with Gasteiger partial charge < -0.3 is 5.32 Å². The number of aromatic nitrogens is 6. The van der Waals surface area contributed by atoms with Gasteiger partial charge >= 0.3 is 0 Å². The van der Waals surface area contributed by atoms with E-state index in [1.165, 1.54) is 0 Å². The molecule has 32 heavy (non-hydrogen) atoms. The molecule has 5 rings (SSSR count). The summed E-state index contributed by atoms with van der Waals surface area (Å²) in [7, 11) is 0. The Kier molecular flexibility index (Phi) is 4.91. The van der Waals surface area contributed by atoms with E-state index in [-0.39, 0.29) is 5.91 Å². The second kappa shape index (κ2) is 7.90. The van der Waals surface area contributed by atoms with Crippen LogP contribution < -0.4 is 5.32 Å². The molecule has 158 valence electrons. The Morgan fingerprint density at radius 2 is 1.78 bits per heavy atom. The van der Waals surface area contributed by atoms with Crippen molar-refractivity contribution >= 4 is 34.4 Å². The third-order valence-electron chi connectivity index (χ3n) is 4.99. The van der Waals surface area contributed by atoms with Gasteiger partial charge in [0, 0.05) is 21.8 Å². The van der Waals surface area contributed by atoms with Gasteiger partial charge in [-0.3, -0.25) is 9.89 Å². The predicted octanol–water partition coefficient (Wildman–Crippen LogP) is 4.73. The van der Waals surface area contributed by atoms with Crippen molar-refractivity contribution in [1.82, 2.24) is 29.9 Å². The molecule has 0 spiro atoms. The van der Waals surface area contributed by atoms with Gasteiger partial charge in [-0.15, -0.1) is 0 Å². The zero-order chi connectivity index (χ0) is 22.2. The lowest BCUT2D eigenvalue weighted by atomic mass is 10.1. The van der Waals surface area contributed by atoms with E-state index < -0.39 is 0 Å². The maximum Gasteiger partial charge on any atom is 0.256 e. The van der Waals surface area contributed by atoms with Crippen molar-refractivity contribution in [3.63, 3.8) is 0 Å². The van der Waals surface area contributed by atoms with Crippen LogP contribution in [0.5, 0.6) is 0 Å². The normalized spacial score (nSPS) is 11.1. The summed E-state index contributed by atoms with van der Waals surface area (Å²) >= 11 is 6.09. The summed E-state index contributed by atoms with van der Waals surface area (Å²) in [4.78, 5) is 22.2.